The number of benzene rings is 2. The molecule has 5 heteroatoms. The summed E-state index contributed by atoms with van der Waals surface area (Å²) in [4.78, 5) is 25.9. The number of rotatable bonds is 8. The monoisotopic (exact) mass is 366 g/mol. The summed E-state index contributed by atoms with van der Waals surface area (Å²) in [5.74, 6) is 0.564. The van der Waals surface area contributed by atoms with E-state index in [0.29, 0.717) is 18.0 Å². The van der Waals surface area contributed by atoms with Gasteiger partial charge in [0.1, 0.15) is 11.5 Å². The summed E-state index contributed by atoms with van der Waals surface area (Å²) in [6, 6.07) is 17.6. The van der Waals surface area contributed by atoms with E-state index >= 15 is 0 Å². The molecule has 0 unspecified atom stereocenters. The van der Waals surface area contributed by atoms with Crippen molar-refractivity contribution in [1.82, 2.24) is 4.90 Å². The number of ketones is 1. The number of nitrogens with two attached hydrogens (primary N) is 1. The van der Waals surface area contributed by atoms with Gasteiger partial charge in [-0.1, -0.05) is 42.5 Å². The highest BCUT2D eigenvalue weighted by Crippen LogP contribution is 2.22. The van der Waals surface area contributed by atoms with Gasteiger partial charge in [0.05, 0.1) is 0 Å². The van der Waals surface area contributed by atoms with Gasteiger partial charge in [-0.25, -0.2) is 0 Å². The number of hydrogen-bond donors (Lipinski definition) is 1. The fourth-order valence-electron chi connectivity index (χ4n) is 3.55. The molecule has 2 N–H and O–H groups in total. The number of piperidine rings is 1. The van der Waals surface area contributed by atoms with Crippen molar-refractivity contribution in [2.45, 2.75) is 25.8 Å². The quantitative estimate of drug-likeness (QED) is 0.779. The third-order valence-corrected chi connectivity index (χ3v) is 4.87. The Morgan fingerprint density at radius 3 is 2.63 bits per heavy atom. The minimum atomic E-state index is -0.490. The van der Waals surface area contributed by atoms with Crippen molar-refractivity contribution in [3.05, 3.63) is 65.7 Å². The van der Waals surface area contributed by atoms with Gasteiger partial charge in [-0.2, -0.15) is 0 Å². The van der Waals surface area contributed by atoms with Gasteiger partial charge in [0.25, 0.3) is 5.91 Å². The number of likely N-dealkylation sites (tertiary alicyclic amines) is 1. The van der Waals surface area contributed by atoms with Crippen LogP contribution < -0.4 is 10.5 Å². The Kier molecular flexibility index (Phi) is 6.60. The fourth-order valence-corrected chi connectivity index (χ4v) is 3.55. The lowest BCUT2D eigenvalue weighted by atomic mass is 9.90. The predicted molar refractivity (Wildman–Crippen MR) is 104 cm³/mol. The molecule has 1 aliphatic rings. The van der Waals surface area contributed by atoms with Crippen LogP contribution in [0, 0.1) is 5.92 Å². The number of carbonyl (C=O) groups is 2. The minimum Gasteiger partial charge on any atom is -0.484 e. The third-order valence-electron chi connectivity index (χ3n) is 4.87. The molecule has 0 spiro atoms. The molecular weight excluding hydrogens is 340 g/mol. The van der Waals surface area contributed by atoms with Crippen LogP contribution in [0.25, 0.3) is 0 Å². The molecule has 2 aromatic rings. The normalized spacial score (nSPS) is 17.4. The number of ether oxygens (including phenoxy) is 1. The van der Waals surface area contributed by atoms with E-state index in [9.17, 15) is 9.59 Å². The van der Waals surface area contributed by atoms with Gasteiger partial charge in [0.15, 0.2) is 6.61 Å². The molecule has 1 amide bonds. The summed E-state index contributed by atoms with van der Waals surface area (Å²) < 4.78 is 5.38. The Hall–Kier alpha value is -2.66. The number of amides is 1. The Bertz CT molecular complexity index is 776. The highest BCUT2D eigenvalue weighted by molar-refractivity contribution is 5.83. The third kappa shape index (κ3) is 5.93. The van der Waals surface area contributed by atoms with E-state index in [1.165, 1.54) is 0 Å². The fraction of sp³-hybridized carbons (Fsp3) is 0.364. The number of hydrogen-bond acceptors (Lipinski definition) is 4. The van der Waals surface area contributed by atoms with Crippen molar-refractivity contribution in [2.24, 2.45) is 11.7 Å². The van der Waals surface area contributed by atoms with E-state index in [2.05, 4.69) is 4.90 Å². The molecule has 0 saturated carbocycles. The zero-order chi connectivity index (χ0) is 19.1. The minimum absolute atomic E-state index is 0.0910. The van der Waals surface area contributed by atoms with E-state index in [1.54, 1.807) is 0 Å². The second-order valence-electron chi connectivity index (χ2n) is 7.11. The molecule has 3 rings (SSSR count). The number of carbonyl (C=O) groups excluding carboxylic acids is 2. The SMILES string of the molecule is NC(=O)COc1cccc(CN2CCC[C@@H](C(=O)Cc3ccccc3)C2)c1. The lowest BCUT2D eigenvalue weighted by Crippen LogP contribution is -2.38. The molecule has 1 aliphatic heterocycles. The molecule has 1 saturated heterocycles. The molecule has 1 atom stereocenters. The van der Waals surface area contributed by atoms with Crippen LogP contribution in [0.5, 0.6) is 5.75 Å². The summed E-state index contributed by atoms with van der Waals surface area (Å²) in [6.45, 7) is 2.42. The highest BCUT2D eigenvalue weighted by Gasteiger charge is 2.25. The Balaban J connectivity index is 1.56. The largest absolute Gasteiger partial charge is 0.484 e. The standard InChI is InChI=1S/C22H26N2O3/c23-22(26)16-27-20-10-4-8-18(12-20)14-24-11-5-9-19(15-24)21(25)13-17-6-2-1-3-7-17/h1-4,6-8,10,12,19H,5,9,11,13-16H2,(H2,23,26)/t19-/m1/s1. The second kappa shape index (κ2) is 9.33. The van der Waals surface area contributed by atoms with E-state index in [-0.39, 0.29) is 12.5 Å². The van der Waals surface area contributed by atoms with Crippen molar-refractivity contribution in [3.8, 4) is 5.75 Å². The maximum absolute atomic E-state index is 12.7. The molecule has 27 heavy (non-hydrogen) atoms. The average molecular weight is 366 g/mol. The van der Waals surface area contributed by atoms with Crippen LogP contribution in [0.4, 0.5) is 0 Å². The molecule has 142 valence electrons. The maximum Gasteiger partial charge on any atom is 0.255 e. The van der Waals surface area contributed by atoms with Crippen LogP contribution >= 0.6 is 0 Å². The van der Waals surface area contributed by atoms with Crippen molar-refractivity contribution in [1.29, 1.82) is 0 Å². The van der Waals surface area contributed by atoms with Crippen LogP contribution in [0.2, 0.25) is 0 Å². The van der Waals surface area contributed by atoms with E-state index in [0.717, 1.165) is 43.6 Å². The van der Waals surface area contributed by atoms with Gasteiger partial charge < -0.3 is 10.5 Å². The summed E-state index contributed by atoms with van der Waals surface area (Å²) in [7, 11) is 0. The van der Waals surface area contributed by atoms with Crippen LogP contribution in [0.15, 0.2) is 54.6 Å². The first-order valence-electron chi connectivity index (χ1n) is 9.39. The lowest BCUT2D eigenvalue weighted by molar-refractivity contribution is -0.124. The summed E-state index contributed by atoms with van der Waals surface area (Å²) >= 11 is 0. The van der Waals surface area contributed by atoms with Crippen LogP contribution in [-0.4, -0.2) is 36.3 Å². The van der Waals surface area contributed by atoms with Crippen molar-refractivity contribution in [2.75, 3.05) is 19.7 Å². The van der Waals surface area contributed by atoms with E-state index < -0.39 is 5.91 Å². The van der Waals surface area contributed by atoms with Crippen LogP contribution in [-0.2, 0) is 22.6 Å². The molecule has 0 aliphatic carbocycles. The van der Waals surface area contributed by atoms with Gasteiger partial charge in [0.2, 0.25) is 0 Å². The predicted octanol–water partition coefficient (Wildman–Crippen LogP) is 2.57. The van der Waals surface area contributed by atoms with E-state index in [4.69, 9.17) is 10.5 Å². The smallest absolute Gasteiger partial charge is 0.255 e. The van der Waals surface area contributed by atoms with Gasteiger partial charge >= 0.3 is 0 Å². The lowest BCUT2D eigenvalue weighted by Gasteiger charge is -2.32. The molecular formula is C22H26N2O3. The summed E-state index contributed by atoms with van der Waals surface area (Å²) in [5.41, 5.74) is 7.31. The van der Waals surface area contributed by atoms with Crippen molar-refractivity contribution < 1.29 is 14.3 Å². The Morgan fingerprint density at radius 2 is 1.85 bits per heavy atom. The Morgan fingerprint density at radius 1 is 1.07 bits per heavy atom. The molecule has 1 heterocycles. The maximum atomic E-state index is 12.7. The zero-order valence-electron chi connectivity index (χ0n) is 15.5. The number of Topliss-reactive ketones (excluding diaryl/α,β-unsaturated/α-hetero) is 1. The topological polar surface area (TPSA) is 72.6 Å². The second-order valence-corrected chi connectivity index (χ2v) is 7.11. The summed E-state index contributed by atoms with van der Waals surface area (Å²) in [5, 5.41) is 0. The molecule has 0 bridgehead atoms. The number of nitrogens with zero attached hydrogens (tertiary/aromatic N) is 1. The van der Waals surface area contributed by atoms with Gasteiger partial charge in [-0.15, -0.1) is 0 Å². The molecule has 0 aromatic heterocycles. The zero-order valence-corrected chi connectivity index (χ0v) is 15.5. The van der Waals surface area contributed by atoms with Gasteiger partial charge in [-0.3, -0.25) is 14.5 Å². The molecule has 0 radical (unpaired) electrons. The van der Waals surface area contributed by atoms with E-state index in [1.807, 2.05) is 54.6 Å². The number of primary amides is 1. The van der Waals surface area contributed by atoms with Crippen molar-refractivity contribution >= 4 is 11.7 Å². The van der Waals surface area contributed by atoms with Crippen LogP contribution in [0.1, 0.15) is 24.0 Å². The Labute approximate surface area is 160 Å². The average Bonchev–Trinajstić information content (AvgIpc) is 2.68. The van der Waals surface area contributed by atoms with Crippen molar-refractivity contribution in [3.63, 3.8) is 0 Å². The molecule has 5 nitrogen and oxygen atoms in total. The first-order chi connectivity index (χ1) is 13.1. The van der Waals surface area contributed by atoms with Gasteiger partial charge in [0, 0.05) is 25.4 Å². The first-order valence-corrected chi connectivity index (χ1v) is 9.39. The summed E-state index contributed by atoms with van der Waals surface area (Å²) in [6.07, 6.45) is 2.50. The highest BCUT2D eigenvalue weighted by atomic mass is 16.5. The molecule has 2 aromatic carbocycles. The first kappa shape index (κ1) is 19.1. The van der Waals surface area contributed by atoms with Crippen LogP contribution in [0.3, 0.4) is 0 Å². The van der Waals surface area contributed by atoms with Gasteiger partial charge in [-0.05, 0) is 42.6 Å². The molecule has 1 fully saturated rings.